The molecule has 0 saturated carbocycles. The Balaban J connectivity index is 2.22. The number of hydrogen-bond acceptors (Lipinski definition) is 2. The van der Waals surface area contributed by atoms with Crippen molar-refractivity contribution < 1.29 is 4.74 Å². The lowest BCUT2D eigenvalue weighted by Crippen LogP contribution is -2.08. The molecule has 0 amide bonds. The standard InChI is InChI=1S/C16H16OS/c1-12(2)14-10-6-7-11-15(14)17-16(18)13-8-4-3-5-9-13/h3-12H,1-2H3. The Morgan fingerprint density at radius 1 is 0.944 bits per heavy atom. The zero-order valence-corrected chi connectivity index (χ0v) is 11.4. The van der Waals surface area contributed by atoms with Gasteiger partial charge in [0.05, 0.1) is 0 Å². The lowest BCUT2D eigenvalue weighted by atomic mass is 10.0. The van der Waals surface area contributed by atoms with Crippen molar-refractivity contribution in [3.05, 3.63) is 65.7 Å². The highest BCUT2D eigenvalue weighted by atomic mass is 32.1. The van der Waals surface area contributed by atoms with Crippen LogP contribution in [0.25, 0.3) is 0 Å². The van der Waals surface area contributed by atoms with Crippen LogP contribution in [0, 0.1) is 0 Å². The van der Waals surface area contributed by atoms with Crippen LogP contribution in [0.1, 0.15) is 30.9 Å². The average molecular weight is 256 g/mol. The maximum absolute atomic E-state index is 5.82. The normalized spacial score (nSPS) is 10.4. The molecule has 0 aromatic heterocycles. The van der Waals surface area contributed by atoms with E-state index in [-0.39, 0.29) is 0 Å². The third-order valence-electron chi connectivity index (χ3n) is 2.75. The molecule has 0 unspecified atom stereocenters. The number of rotatable bonds is 3. The molecule has 0 aliphatic rings. The van der Waals surface area contributed by atoms with E-state index >= 15 is 0 Å². The lowest BCUT2D eigenvalue weighted by molar-refractivity contribution is 0.552. The number of ether oxygens (including phenoxy) is 1. The summed E-state index contributed by atoms with van der Waals surface area (Å²) in [6.07, 6.45) is 0. The Morgan fingerprint density at radius 2 is 1.56 bits per heavy atom. The largest absolute Gasteiger partial charge is 0.445 e. The van der Waals surface area contributed by atoms with Crippen molar-refractivity contribution in [1.82, 2.24) is 0 Å². The summed E-state index contributed by atoms with van der Waals surface area (Å²) in [5.74, 6) is 1.26. The molecule has 0 aliphatic carbocycles. The van der Waals surface area contributed by atoms with Gasteiger partial charge in [-0.2, -0.15) is 0 Å². The molecule has 2 aromatic rings. The van der Waals surface area contributed by atoms with E-state index in [0.29, 0.717) is 11.0 Å². The first-order chi connectivity index (χ1) is 8.68. The quantitative estimate of drug-likeness (QED) is 0.744. The minimum Gasteiger partial charge on any atom is -0.445 e. The van der Waals surface area contributed by atoms with E-state index in [4.69, 9.17) is 17.0 Å². The van der Waals surface area contributed by atoms with Crippen LogP contribution in [-0.2, 0) is 0 Å². The smallest absolute Gasteiger partial charge is 0.198 e. The Bertz CT molecular complexity index is 532. The Labute approximate surface area is 113 Å². The molecule has 0 radical (unpaired) electrons. The number of benzene rings is 2. The highest BCUT2D eigenvalue weighted by molar-refractivity contribution is 7.80. The van der Waals surface area contributed by atoms with E-state index in [2.05, 4.69) is 19.9 Å². The van der Waals surface area contributed by atoms with Crippen molar-refractivity contribution in [1.29, 1.82) is 0 Å². The molecule has 2 heteroatoms. The second-order valence-corrected chi connectivity index (χ2v) is 4.82. The van der Waals surface area contributed by atoms with Crippen LogP contribution in [0.15, 0.2) is 54.6 Å². The van der Waals surface area contributed by atoms with Crippen molar-refractivity contribution in [3.8, 4) is 5.75 Å². The number of para-hydroxylation sites is 1. The molecule has 0 spiro atoms. The topological polar surface area (TPSA) is 9.23 Å². The maximum Gasteiger partial charge on any atom is 0.198 e. The van der Waals surface area contributed by atoms with Crippen LogP contribution < -0.4 is 4.74 Å². The van der Waals surface area contributed by atoms with Gasteiger partial charge in [-0.15, -0.1) is 0 Å². The predicted molar refractivity (Wildman–Crippen MR) is 79.3 cm³/mol. The van der Waals surface area contributed by atoms with Crippen LogP contribution in [0.4, 0.5) is 0 Å². The molecule has 1 nitrogen and oxygen atoms in total. The first kappa shape index (κ1) is 12.8. The van der Waals surface area contributed by atoms with E-state index in [9.17, 15) is 0 Å². The molecular weight excluding hydrogens is 240 g/mol. The number of hydrogen-bond donors (Lipinski definition) is 0. The fourth-order valence-electron chi connectivity index (χ4n) is 1.78. The van der Waals surface area contributed by atoms with Gasteiger partial charge in [0.15, 0.2) is 5.05 Å². The van der Waals surface area contributed by atoms with E-state index in [1.54, 1.807) is 0 Å². The lowest BCUT2D eigenvalue weighted by Gasteiger charge is -2.13. The molecule has 2 aromatic carbocycles. The summed E-state index contributed by atoms with van der Waals surface area (Å²) in [6, 6.07) is 17.8. The SMILES string of the molecule is CC(C)c1ccccc1OC(=S)c1ccccc1. The van der Waals surface area contributed by atoms with Gasteiger partial charge in [-0.25, -0.2) is 0 Å². The molecule has 0 bridgehead atoms. The van der Waals surface area contributed by atoms with Crippen molar-refractivity contribution >= 4 is 17.3 Å². The fraction of sp³-hybridized carbons (Fsp3) is 0.188. The second-order valence-electron chi connectivity index (χ2n) is 4.45. The zero-order valence-electron chi connectivity index (χ0n) is 10.6. The van der Waals surface area contributed by atoms with E-state index < -0.39 is 0 Å². The van der Waals surface area contributed by atoms with Gasteiger partial charge in [-0.1, -0.05) is 62.4 Å². The summed E-state index contributed by atoms with van der Waals surface area (Å²) >= 11 is 5.33. The molecule has 0 atom stereocenters. The molecule has 0 aliphatic heterocycles. The minimum atomic E-state index is 0.416. The van der Waals surface area contributed by atoms with Crippen LogP contribution in [0.2, 0.25) is 0 Å². The molecular formula is C16H16OS. The first-order valence-electron chi connectivity index (χ1n) is 6.04. The average Bonchev–Trinajstić information content (AvgIpc) is 2.40. The maximum atomic E-state index is 5.82. The molecule has 2 rings (SSSR count). The summed E-state index contributed by atoms with van der Waals surface area (Å²) in [6.45, 7) is 4.29. The van der Waals surface area contributed by atoms with E-state index in [1.807, 2.05) is 48.5 Å². The molecule has 92 valence electrons. The van der Waals surface area contributed by atoms with Crippen LogP contribution in [0.5, 0.6) is 5.75 Å². The van der Waals surface area contributed by atoms with E-state index in [1.165, 1.54) is 5.56 Å². The molecule has 18 heavy (non-hydrogen) atoms. The van der Waals surface area contributed by atoms with Gasteiger partial charge in [0.1, 0.15) is 5.75 Å². The van der Waals surface area contributed by atoms with Crippen LogP contribution in [-0.4, -0.2) is 5.05 Å². The minimum absolute atomic E-state index is 0.416. The van der Waals surface area contributed by atoms with Crippen molar-refractivity contribution in [2.75, 3.05) is 0 Å². The van der Waals surface area contributed by atoms with Crippen LogP contribution in [0.3, 0.4) is 0 Å². The van der Waals surface area contributed by atoms with Crippen LogP contribution >= 0.6 is 12.2 Å². The molecule has 0 heterocycles. The Kier molecular flexibility index (Phi) is 4.11. The summed E-state index contributed by atoms with van der Waals surface area (Å²) in [7, 11) is 0. The first-order valence-corrected chi connectivity index (χ1v) is 6.45. The van der Waals surface area contributed by atoms with Gasteiger partial charge in [-0.3, -0.25) is 0 Å². The predicted octanol–water partition coefficient (Wildman–Crippen LogP) is 4.56. The highest BCUT2D eigenvalue weighted by Crippen LogP contribution is 2.26. The third kappa shape index (κ3) is 2.96. The Hall–Kier alpha value is -1.67. The molecule has 0 N–H and O–H groups in total. The fourth-order valence-corrected chi connectivity index (χ4v) is 2.01. The van der Waals surface area contributed by atoms with Gasteiger partial charge >= 0.3 is 0 Å². The van der Waals surface area contributed by atoms with Gasteiger partial charge in [-0.05, 0) is 29.8 Å². The second kappa shape index (κ2) is 5.78. The Morgan fingerprint density at radius 3 is 2.22 bits per heavy atom. The summed E-state index contributed by atoms with van der Waals surface area (Å²) in [5, 5.41) is 0.517. The van der Waals surface area contributed by atoms with Gasteiger partial charge in [0.2, 0.25) is 0 Å². The monoisotopic (exact) mass is 256 g/mol. The number of thiocarbonyl (C=S) groups is 1. The van der Waals surface area contributed by atoms with Crippen molar-refractivity contribution in [2.45, 2.75) is 19.8 Å². The summed E-state index contributed by atoms with van der Waals surface area (Å²) < 4.78 is 5.82. The molecule has 0 fully saturated rings. The summed E-state index contributed by atoms with van der Waals surface area (Å²) in [5.41, 5.74) is 2.11. The van der Waals surface area contributed by atoms with E-state index in [0.717, 1.165) is 11.3 Å². The third-order valence-corrected chi connectivity index (χ3v) is 3.07. The molecule has 0 saturated heterocycles. The van der Waals surface area contributed by atoms with Crippen molar-refractivity contribution in [3.63, 3.8) is 0 Å². The van der Waals surface area contributed by atoms with Crippen molar-refractivity contribution in [2.24, 2.45) is 0 Å². The zero-order chi connectivity index (χ0) is 13.0. The van der Waals surface area contributed by atoms with Gasteiger partial charge in [0.25, 0.3) is 0 Å². The van der Waals surface area contributed by atoms with Gasteiger partial charge in [0, 0.05) is 5.56 Å². The summed E-state index contributed by atoms with van der Waals surface area (Å²) in [4.78, 5) is 0. The highest BCUT2D eigenvalue weighted by Gasteiger charge is 2.10. The van der Waals surface area contributed by atoms with Gasteiger partial charge < -0.3 is 4.74 Å².